The van der Waals surface area contributed by atoms with Gasteiger partial charge in [0.2, 0.25) is 0 Å². The second-order valence-corrected chi connectivity index (χ2v) is 6.36. The van der Waals surface area contributed by atoms with Crippen molar-refractivity contribution < 1.29 is 0 Å². The van der Waals surface area contributed by atoms with Crippen molar-refractivity contribution in [2.24, 2.45) is 5.92 Å². The Morgan fingerprint density at radius 3 is 2.65 bits per heavy atom. The van der Waals surface area contributed by atoms with Gasteiger partial charge in [-0.1, -0.05) is 74.2 Å². The minimum atomic E-state index is 0.471. The minimum absolute atomic E-state index is 0.471. The summed E-state index contributed by atoms with van der Waals surface area (Å²) in [5.41, 5.74) is 3.87. The summed E-state index contributed by atoms with van der Waals surface area (Å²) in [5.74, 6) is 0.471. The third-order valence-electron chi connectivity index (χ3n) is 4.72. The summed E-state index contributed by atoms with van der Waals surface area (Å²) in [7, 11) is 0. The molecule has 0 heteroatoms. The van der Waals surface area contributed by atoms with Crippen LogP contribution in [0.2, 0.25) is 0 Å². The van der Waals surface area contributed by atoms with Crippen LogP contribution in [0.15, 0.2) is 48.6 Å². The van der Waals surface area contributed by atoms with E-state index in [1.807, 2.05) is 0 Å². The van der Waals surface area contributed by atoms with E-state index in [4.69, 9.17) is 0 Å². The average Bonchev–Trinajstić information content (AvgIpc) is 2.74. The number of hydrogen-bond donors (Lipinski definition) is 0. The highest BCUT2D eigenvalue weighted by atomic mass is 14.2. The number of benzene rings is 3. The topological polar surface area (TPSA) is 0 Å². The quantitative estimate of drug-likeness (QED) is 0.530. The van der Waals surface area contributed by atoms with Crippen LogP contribution in [0.5, 0.6) is 0 Å². The van der Waals surface area contributed by atoms with Gasteiger partial charge in [-0.15, -0.1) is 0 Å². The fourth-order valence-corrected chi connectivity index (χ4v) is 3.58. The van der Waals surface area contributed by atoms with Gasteiger partial charge in [-0.3, -0.25) is 0 Å². The number of fused-ring (bicyclic) bond motifs is 2. The lowest BCUT2D eigenvalue weighted by Gasteiger charge is -2.14. The summed E-state index contributed by atoms with van der Waals surface area (Å²) in [6, 6.07) is 11.1. The predicted molar refractivity (Wildman–Crippen MR) is 104 cm³/mol. The molecule has 0 fully saturated rings. The molecule has 4 rings (SSSR count). The van der Waals surface area contributed by atoms with Crippen molar-refractivity contribution in [2.45, 2.75) is 13.8 Å². The van der Waals surface area contributed by atoms with E-state index in [-0.39, 0.29) is 0 Å². The van der Waals surface area contributed by atoms with Crippen molar-refractivity contribution in [3.8, 4) is 0 Å². The number of allylic oxidation sites excluding steroid dienone is 3. The van der Waals surface area contributed by atoms with Crippen LogP contribution in [-0.4, -0.2) is 0 Å². The minimum Gasteiger partial charge on any atom is -0.0911 e. The predicted octanol–water partition coefficient (Wildman–Crippen LogP) is 5.83. The maximum Gasteiger partial charge on any atom is -0.00206 e. The van der Waals surface area contributed by atoms with Crippen molar-refractivity contribution >= 4 is 46.4 Å². The fourth-order valence-electron chi connectivity index (χ4n) is 3.58. The maximum absolute atomic E-state index is 4.27. The first-order valence-corrected chi connectivity index (χ1v) is 8.19. The van der Waals surface area contributed by atoms with E-state index < -0.39 is 0 Å². The van der Waals surface area contributed by atoms with Crippen molar-refractivity contribution in [1.29, 1.82) is 0 Å². The zero-order valence-corrected chi connectivity index (χ0v) is 13.6. The molecule has 1 atom stereocenters. The van der Waals surface area contributed by atoms with Crippen LogP contribution in [0.25, 0.3) is 46.4 Å². The molecule has 0 aliphatic heterocycles. The van der Waals surface area contributed by atoms with Gasteiger partial charge in [0.25, 0.3) is 0 Å². The Morgan fingerprint density at radius 1 is 1.00 bits per heavy atom. The molecule has 23 heavy (non-hydrogen) atoms. The first-order valence-electron chi connectivity index (χ1n) is 8.19. The zero-order chi connectivity index (χ0) is 16.0. The van der Waals surface area contributed by atoms with Crippen LogP contribution < -0.4 is 5.22 Å². The SMILES string of the molecule is C=c1ccc2cc3c(c4ccc(/C=C\C)c1c24)C=CC(C)C=C3. The Labute approximate surface area is 137 Å². The number of hydrogen-bond acceptors (Lipinski definition) is 0. The summed E-state index contributed by atoms with van der Waals surface area (Å²) >= 11 is 0. The summed E-state index contributed by atoms with van der Waals surface area (Å²) in [6.07, 6.45) is 13.3. The fraction of sp³-hybridized carbons (Fsp3) is 0.130. The lowest BCUT2D eigenvalue weighted by Crippen LogP contribution is -2.02. The van der Waals surface area contributed by atoms with E-state index in [0.29, 0.717) is 5.92 Å². The molecule has 0 heterocycles. The number of rotatable bonds is 1. The molecule has 0 amide bonds. The summed E-state index contributed by atoms with van der Waals surface area (Å²) in [6.45, 7) is 8.55. The zero-order valence-electron chi connectivity index (χ0n) is 13.6. The van der Waals surface area contributed by atoms with Crippen molar-refractivity contribution in [3.63, 3.8) is 0 Å². The molecule has 3 aromatic carbocycles. The highest BCUT2D eigenvalue weighted by Crippen LogP contribution is 2.35. The lowest BCUT2D eigenvalue weighted by molar-refractivity contribution is 0.954. The highest BCUT2D eigenvalue weighted by molar-refractivity contribution is 6.16. The molecule has 1 aliphatic rings. The second kappa shape index (κ2) is 5.24. The molecule has 0 saturated heterocycles. The third kappa shape index (κ3) is 2.14. The van der Waals surface area contributed by atoms with E-state index in [1.165, 1.54) is 38.2 Å². The first-order chi connectivity index (χ1) is 11.2. The molecular weight excluding hydrogens is 276 g/mol. The van der Waals surface area contributed by atoms with Gasteiger partial charge < -0.3 is 0 Å². The molecule has 1 unspecified atom stereocenters. The van der Waals surface area contributed by atoms with E-state index in [2.05, 4.69) is 87.2 Å². The highest BCUT2D eigenvalue weighted by Gasteiger charge is 2.13. The van der Waals surface area contributed by atoms with Crippen molar-refractivity contribution in [1.82, 2.24) is 0 Å². The van der Waals surface area contributed by atoms with Crippen LogP contribution >= 0.6 is 0 Å². The second-order valence-electron chi connectivity index (χ2n) is 6.36. The summed E-state index contributed by atoms with van der Waals surface area (Å²) < 4.78 is 0. The van der Waals surface area contributed by atoms with Gasteiger partial charge in [0.1, 0.15) is 0 Å². The molecular formula is C23H20. The standard InChI is InChI=1S/C23H20/c1-4-5-17-11-13-21-20-12-7-15(2)6-9-18(20)14-19-10-8-16(3)22(17)23(19)21/h4-15H,3H2,1-2H3/b5-4-. The van der Waals surface area contributed by atoms with E-state index >= 15 is 0 Å². The Hall–Kier alpha value is -2.60. The van der Waals surface area contributed by atoms with Crippen LogP contribution in [0.1, 0.15) is 30.5 Å². The van der Waals surface area contributed by atoms with Crippen molar-refractivity contribution in [2.75, 3.05) is 0 Å². The summed E-state index contributed by atoms with van der Waals surface area (Å²) in [5, 5.41) is 6.31. The molecule has 0 spiro atoms. The lowest BCUT2D eigenvalue weighted by atomic mass is 9.90. The largest absolute Gasteiger partial charge is 0.0911 e. The van der Waals surface area contributed by atoms with Gasteiger partial charge in [0, 0.05) is 0 Å². The molecule has 1 aliphatic carbocycles. The molecule has 0 radical (unpaired) electrons. The monoisotopic (exact) mass is 296 g/mol. The Morgan fingerprint density at radius 2 is 1.83 bits per heavy atom. The Bertz CT molecular complexity index is 1050. The third-order valence-corrected chi connectivity index (χ3v) is 4.72. The van der Waals surface area contributed by atoms with Crippen LogP contribution in [0, 0.1) is 5.92 Å². The van der Waals surface area contributed by atoms with E-state index in [0.717, 1.165) is 5.22 Å². The van der Waals surface area contributed by atoms with Crippen LogP contribution in [-0.2, 0) is 0 Å². The van der Waals surface area contributed by atoms with E-state index in [1.54, 1.807) is 0 Å². The molecule has 0 N–H and O–H groups in total. The molecule has 112 valence electrons. The molecule has 0 nitrogen and oxygen atoms in total. The van der Waals surface area contributed by atoms with Gasteiger partial charge in [-0.2, -0.15) is 0 Å². The molecule has 0 bridgehead atoms. The average molecular weight is 296 g/mol. The molecule has 3 aromatic rings. The van der Waals surface area contributed by atoms with Crippen LogP contribution in [0.4, 0.5) is 0 Å². The van der Waals surface area contributed by atoms with Gasteiger partial charge in [-0.25, -0.2) is 0 Å². The van der Waals surface area contributed by atoms with Gasteiger partial charge >= 0.3 is 0 Å². The summed E-state index contributed by atoms with van der Waals surface area (Å²) in [4.78, 5) is 0. The first kappa shape index (κ1) is 14.0. The normalized spacial score (nSPS) is 17.2. The van der Waals surface area contributed by atoms with E-state index in [9.17, 15) is 0 Å². The van der Waals surface area contributed by atoms with Gasteiger partial charge in [0.05, 0.1) is 0 Å². The smallest absolute Gasteiger partial charge is 0.00206 e. The maximum atomic E-state index is 4.27. The van der Waals surface area contributed by atoms with Crippen LogP contribution in [0.3, 0.4) is 0 Å². The molecule has 0 aromatic heterocycles. The Kier molecular flexibility index (Phi) is 3.20. The van der Waals surface area contributed by atoms with Gasteiger partial charge in [0.15, 0.2) is 0 Å². The molecule has 0 saturated carbocycles. The van der Waals surface area contributed by atoms with Crippen molar-refractivity contribution in [3.05, 3.63) is 70.5 Å². The Balaban J connectivity index is 2.23. The van der Waals surface area contributed by atoms with Gasteiger partial charge in [-0.05, 0) is 62.4 Å².